The minimum absolute atomic E-state index is 0.0519. The van der Waals surface area contributed by atoms with Gasteiger partial charge >= 0.3 is 0 Å². The van der Waals surface area contributed by atoms with E-state index in [0.717, 1.165) is 0 Å². The second kappa shape index (κ2) is 6.24. The van der Waals surface area contributed by atoms with Gasteiger partial charge in [0.25, 0.3) is 10.0 Å². The molecule has 0 fully saturated rings. The summed E-state index contributed by atoms with van der Waals surface area (Å²) in [6.45, 7) is -0.275. The van der Waals surface area contributed by atoms with Gasteiger partial charge in [0.1, 0.15) is 11.5 Å². The van der Waals surface area contributed by atoms with Crippen molar-refractivity contribution in [3.05, 3.63) is 40.4 Å². The Balaban J connectivity index is 2.33. The summed E-state index contributed by atoms with van der Waals surface area (Å²) in [6.07, 6.45) is 1.50. The zero-order chi connectivity index (χ0) is 14.6. The highest BCUT2D eigenvalue weighted by molar-refractivity contribution is 7.93. The van der Waals surface area contributed by atoms with Gasteiger partial charge in [-0.15, -0.1) is 11.3 Å². The van der Waals surface area contributed by atoms with Crippen molar-refractivity contribution in [2.75, 3.05) is 11.3 Å². The number of aliphatic hydroxyl groups excluding tert-OH is 1. The van der Waals surface area contributed by atoms with Crippen LogP contribution in [0.2, 0.25) is 5.02 Å². The van der Waals surface area contributed by atoms with Crippen LogP contribution in [-0.4, -0.2) is 25.1 Å². The van der Waals surface area contributed by atoms with Crippen LogP contribution in [0.1, 0.15) is 5.56 Å². The van der Waals surface area contributed by atoms with Gasteiger partial charge in [-0.05, 0) is 18.2 Å². The number of aliphatic hydroxyl groups is 1. The van der Waals surface area contributed by atoms with E-state index in [-0.39, 0.29) is 21.7 Å². The predicted molar refractivity (Wildman–Crippen MR) is 78.3 cm³/mol. The highest BCUT2D eigenvalue weighted by Crippen LogP contribution is 2.25. The van der Waals surface area contributed by atoms with Gasteiger partial charge in [0.15, 0.2) is 5.13 Å². The Morgan fingerprint density at radius 3 is 2.85 bits per heavy atom. The van der Waals surface area contributed by atoms with Gasteiger partial charge in [0.05, 0.1) is 5.02 Å². The molecule has 0 saturated carbocycles. The fourth-order valence-electron chi connectivity index (χ4n) is 1.38. The van der Waals surface area contributed by atoms with Gasteiger partial charge < -0.3 is 5.11 Å². The third-order valence-electron chi connectivity index (χ3n) is 2.19. The van der Waals surface area contributed by atoms with Gasteiger partial charge in [-0.3, -0.25) is 4.72 Å². The molecular weight excluding hydrogens is 320 g/mol. The van der Waals surface area contributed by atoms with E-state index in [1.165, 1.54) is 35.7 Å². The molecule has 0 saturated heterocycles. The summed E-state index contributed by atoms with van der Waals surface area (Å²) in [7, 11) is -3.78. The van der Waals surface area contributed by atoms with Crippen molar-refractivity contribution in [3.63, 3.8) is 0 Å². The number of anilines is 1. The number of nitrogens with one attached hydrogen (secondary N) is 1. The normalized spacial score (nSPS) is 10.7. The van der Waals surface area contributed by atoms with E-state index in [0.29, 0.717) is 5.56 Å². The van der Waals surface area contributed by atoms with Gasteiger partial charge in [-0.2, -0.15) is 0 Å². The van der Waals surface area contributed by atoms with E-state index in [2.05, 4.69) is 21.5 Å². The van der Waals surface area contributed by atoms with Crippen molar-refractivity contribution >= 4 is 38.1 Å². The van der Waals surface area contributed by atoms with Crippen LogP contribution in [0.5, 0.6) is 0 Å². The summed E-state index contributed by atoms with van der Waals surface area (Å²) in [5.74, 6) is 5.11. The molecule has 0 bridgehead atoms. The van der Waals surface area contributed by atoms with Crippen LogP contribution < -0.4 is 4.72 Å². The van der Waals surface area contributed by atoms with E-state index in [4.69, 9.17) is 16.7 Å². The zero-order valence-electron chi connectivity index (χ0n) is 10.00. The number of rotatable bonds is 3. The molecule has 0 radical (unpaired) electrons. The number of benzene rings is 1. The molecule has 0 aliphatic carbocycles. The van der Waals surface area contributed by atoms with E-state index in [1.807, 2.05) is 0 Å². The monoisotopic (exact) mass is 328 g/mol. The third kappa shape index (κ3) is 3.49. The third-order valence-corrected chi connectivity index (χ3v) is 4.83. The number of hydrogen-bond donors (Lipinski definition) is 2. The van der Waals surface area contributed by atoms with Crippen LogP contribution >= 0.6 is 22.9 Å². The van der Waals surface area contributed by atoms with Crippen LogP contribution in [0.3, 0.4) is 0 Å². The zero-order valence-corrected chi connectivity index (χ0v) is 12.4. The summed E-state index contributed by atoms with van der Waals surface area (Å²) >= 11 is 7.14. The molecule has 2 aromatic rings. The molecule has 0 spiro atoms. The Labute approximate surface area is 125 Å². The fraction of sp³-hybridized carbons (Fsp3) is 0.0833. The molecule has 0 amide bonds. The average Bonchev–Trinajstić information content (AvgIpc) is 2.88. The van der Waals surface area contributed by atoms with E-state index in [1.54, 1.807) is 5.38 Å². The molecule has 8 heteroatoms. The van der Waals surface area contributed by atoms with E-state index >= 15 is 0 Å². The van der Waals surface area contributed by atoms with Gasteiger partial charge in [-0.1, -0.05) is 23.4 Å². The molecular formula is C12H9ClN2O3S2. The average molecular weight is 329 g/mol. The van der Waals surface area contributed by atoms with E-state index < -0.39 is 10.0 Å². The lowest BCUT2D eigenvalue weighted by Gasteiger charge is -2.07. The Hall–Kier alpha value is -1.59. The molecule has 0 aliphatic rings. The maximum absolute atomic E-state index is 12.1. The second-order valence-electron chi connectivity index (χ2n) is 3.55. The van der Waals surface area contributed by atoms with E-state index in [9.17, 15) is 8.42 Å². The lowest BCUT2D eigenvalue weighted by molar-refractivity contribution is 0.350. The first-order chi connectivity index (χ1) is 9.53. The summed E-state index contributed by atoms with van der Waals surface area (Å²) in [5, 5.41) is 10.6. The molecule has 5 nitrogen and oxygen atoms in total. The molecule has 2 rings (SSSR count). The second-order valence-corrected chi connectivity index (χ2v) is 6.50. The summed E-state index contributed by atoms with van der Waals surface area (Å²) in [4.78, 5) is 3.80. The minimum Gasteiger partial charge on any atom is -0.384 e. The van der Waals surface area contributed by atoms with Gasteiger partial charge in [0, 0.05) is 17.1 Å². The van der Waals surface area contributed by atoms with Crippen molar-refractivity contribution in [3.8, 4) is 11.8 Å². The Bertz CT molecular complexity index is 762. The summed E-state index contributed by atoms with van der Waals surface area (Å²) < 4.78 is 26.6. The molecule has 2 N–H and O–H groups in total. The van der Waals surface area contributed by atoms with Crippen LogP contribution in [0.25, 0.3) is 0 Å². The molecule has 0 aliphatic heterocycles. The fourth-order valence-corrected chi connectivity index (χ4v) is 3.72. The van der Waals surface area contributed by atoms with Crippen molar-refractivity contribution in [1.82, 2.24) is 4.98 Å². The lowest BCUT2D eigenvalue weighted by atomic mass is 10.2. The van der Waals surface area contributed by atoms with Crippen molar-refractivity contribution < 1.29 is 13.5 Å². The van der Waals surface area contributed by atoms with Crippen LogP contribution in [0.4, 0.5) is 5.13 Å². The van der Waals surface area contributed by atoms with Crippen molar-refractivity contribution in [2.45, 2.75) is 4.90 Å². The Morgan fingerprint density at radius 1 is 1.45 bits per heavy atom. The topological polar surface area (TPSA) is 79.3 Å². The first-order valence-corrected chi connectivity index (χ1v) is 8.08. The molecule has 0 unspecified atom stereocenters. The molecule has 0 atom stereocenters. The maximum atomic E-state index is 12.1. The molecule has 1 aromatic carbocycles. The molecule has 1 heterocycles. The number of nitrogens with zero attached hydrogens (tertiary/aromatic N) is 1. The number of aromatic nitrogens is 1. The number of halogens is 1. The van der Waals surface area contributed by atoms with Crippen LogP contribution in [0.15, 0.2) is 34.7 Å². The SMILES string of the molecule is O=S(=O)(Nc1nccs1)c1ccc(C#CCO)cc1Cl. The Kier molecular flexibility index (Phi) is 4.62. The largest absolute Gasteiger partial charge is 0.384 e. The molecule has 104 valence electrons. The quantitative estimate of drug-likeness (QED) is 0.844. The highest BCUT2D eigenvalue weighted by atomic mass is 35.5. The number of sulfonamides is 1. The van der Waals surface area contributed by atoms with Crippen molar-refractivity contribution in [2.24, 2.45) is 0 Å². The van der Waals surface area contributed by atoms with Crippen LogP contribution in [-0.2, 0) is 10.0 Å². The summed E-state index contributed by atoms with van der Waals surface area (Å²) in [6, 6.07) is 4.31. The van der Waals surface area contributed by atoms with Gasteiger partial charge in [0.2, 0.25) is 0 Å². The predicted octanol–water partition coefficient (Wildman–Crippen LogP) is 1.94. The first-order valence-electron chi connectivity index (χ1n) is 5.34. The summed E-state index contributed by atoms with van der Waals surface area (Å²) in [5.41, 5.74) is 0.525. The maximum Gasteiger partial charge on any atom is 0.265 e. The number of hydrogen-bond acceptors (Lipinski definition) is 5. The first kappa shape index (κ1) is 14.8. The highest BCUT2D eigenvalue weighted by Gasteiger charge is 2.19. The standard InChI is InChI=1S/C12H9ClN2O3S2/c13-10-8-9(2-1-6-16)3-4-11(10)20(17,18)15-12-14-5-7-19-12/h3-5,7-8,16H,6H2,(H,14,15). The molecule has 20 heavy (non-hydrogen) atoms. The van der Waals surface area contributed by atoms with Crippen LogP contribution in [0, 0.1) is 11.8 Å². The van der Waals surface area contributed by atoms with Gasteiger partial charge in [-0.25, -0.2) is 13.4 Å². The minimum atomic E-state index is -3.78. The van der Waals surface area contributed by atoms with Crippen molar-refractivity contribution in [1.29, 1.82) is 0 Å². The smallest absolute Gasteiger partial charge is 0.265 e. The number of thiazole rings is 1. The Morgan fingerprint density at radius 2 is 2.25 bits per heavy atom. The lowest BCUT2D eigenvalue weighted by Crippen LogP contribution is -2.13. The molecule has 1 aromatic heterocycles.